The maximum Gasteiger partial charge on any atom is 0.237 e. The van der Waals surface area contributed by atoms with Crippen molar-refractivity contribution in [3.63, 3.8) is 0 Å². The van der Waals surface area contributed by atoms with Gasteiger partial charge in [-0.25, -0.2) is 13.2 Å². The van der Waals surface area contributed by atoms with Crippen LogP contribution in [-0.2, 0) is 16.0 Å². The fourth-order valence-corrected chi connectivity index (χ4v) is 4.27. The van der Waals surface area contributed by atoms with Gasteiger partial charge in [0.05, 0.1) is 0 Å². The molecule has 2 amide bonds. The number of fused-ring (bicyclic) bond motifs is 2. The maximum atomic E-state index is 13.9. The molecular weight excluding hydrogens is 347 g/mol. The molecule has 4 atom stereocenters. The number of nitrogens with zero attached hydrogens (tertiary/aromatic N) is 1. The van der Waals surface area contributed by atoms with Crippen molar-refractivity contribution in [1.82, 2.24) is 4.90 Å². The van der Waals surface area contributed by atoms with E-state index in [1.807, 2.05) is 0 Å². The number of hydrogen-bond acceptors (Lipinski definition) is 3. The van der Waals surface area contributed by atoms with Crippen LogP contribution in [0.2, 0.25) is 0 Å². The van der Waals surface area contributed by atoms with Crippen LogP contribution in [0.15, 0.2) is 12.1 Å². The predicted molar refractivity (Wildman–Crippen MR) is 87.9 cm³/mol. The highest BCUT2D eigenvalue weighted by molar-refractivity contribution is 6.08. The summed E-state index contributed by atoms with van der Waals surface area (Å²) < 4.78 is 40.3. The molecule has 2 unspecified atom stereocenters. The van der Waals surface area contributed by atoms with E-state index in [2.05, 4.69) is 0 Å². The van der Waals surface area contributed by atoms with Crippen molar-refractivity contribution in [2.45, 2.75) is 50.2 Å². The van der Waals surface area contributed by atoms with Crippen LogP contribution >= 0.6 is 0 Å². The van der Waals surface area contributed by atoms with E-state index in [1.54, 1.807) is 4.90 Å². The molecule has 2 bridgehead atoms. The first-order valence-corrected chi connectivity index (χ1v) is 8.61. The van der Waals surface area contributed by atoms with Gasteiger partial charge in [-0.15, -0.1) is 0 Å². The Balaban J connectivity index is 1.66. The van der Waals surface area contributed by atoms with Gasteiger partial charge in [-0.3, -0.25) is 9.59 Å². The molecule has 1 aromatic rings. The number of primary amides is 1. The average molecular weight is 368 g/mol. The number of rotatable bonds is 5. The van der Waals surface area contributed by atoms with Crippen LogP contribution in [-0.4, -0.2) is 34.8 Å². The standard InChI is InChI=1S/C18H21F3N3O2/c19-13-7-15(21)14(20)5-9(13)6-16(22)10-3-11-1-2-12(4-10)24(11)18(26)8-17(23)25/h5,7-8,10-12,16H,1-4,6,22H2,(H2,23,25)/t10?,11-,12?,16-/m1/s1. The zero-order chi connectivity index (χ0) is 19.0. The molecule has 2 fully saturated rings. The number of halogens is 3. The molecule has 8 heteroatoms. The minimum absolute atomic E-state index is 0.0256. The third kappa shape index (κ3) is 3.70. The fraction of sp³-hybridized carbons (Fsp3) is 0.500. The van der Waals surface area contributed by atoms with Gasteiger partial charge in [0.1, 0.15) is 12.2 Å². The molecule has 0 aromatic heterocycles. The Labute approximate surface area is 149 Å². The quantitative estimate of drug-likeness (QED) is 0.609. The molecule has 5 nitrogen and oxygen atoms in total. The SMILES string of the molecule is NC(=O)[CH]C(=O)N1C2CC[C@@H]1CC([C@H](N)Cc1cc(F)c(F)cc1F)C2. The van der Waals surface area contributed by atoms with Crippen molar-refractivity contribution in [1.29, 1.82) is 0 Å². The van der Waals surface area contributed by atoms with Crippen molar-refractivity contribution in [3.05, 3.63) is 41.6 Å². The summed E-state index contributed by atoms with van der Waals surface area (Å²) in [5, 5.41) is 0. The van der Waals surface area contributed by atoms with Gasteiger partial charge in [-0.2, -0.15) is 0 Å². The Bertz CT molecular complexity index is 714. The first-order valence-electron chi connectivity index (χ1n) is 8.61. The van der Waals surface area contributed by atoms with Crippen LogP contribution in [0, 0.1) is 29.8 Å². The van der Waals surface area contributed by atoms with E-state index < -0.39 is 29.4 Å². The Morgan fingerprint density at radius 1 is 1.12 bits per heavy atom. The van der Waals surface area contributed by atoms with E-state index in [0.717, 1.165) is 25.3 Å². The summed E-state index contributed by atoms with van der Waals surface area (Å²) in [6, 6.07) is 0.863. The molecule has 0 saturated carbocycles. The lowest BCUT2D eigenvalue weighted by Crippen LogP contribution is -2.51. The molecule has 0 aliphatic carbocycles. The Kier molecular flexibility index (Phi) is 5.22. The van der Waals surface area contributed by atoms with Gasteiger partial charge in [0, 0.05) is 24.2 Å². The molecule has 2 aliphatic heterocycles. The van der Waals surface area contributed by atoms with E-state index in [0.29, 0.717) is 18.9 Å². The van der Waals surface area contributed by atoms with E-state index >= 15 is 0 Å². The third-order valence-corrected chi connectivity index (χ3v) is 5.44. The molecule has 2 heterocycles. The summed E-state index contributed by atoms with van der Waals surface area (Å²) in [6.07, 6.45) is 3.86. The molecule has 3 rings (SSSR count). The van der Waals surface area contributed by atoms with Crippen LogP contribution in [0.4, 0.5) is 13.2 Å². The highest BCUT2D eigenvalue weighted by atomic mass is 19.2. The number of nitrogens with two attached hydrogens (primary N) is 2. The fourth-order valence-electron chi connectivity index (χ4n) is 4.27. The lowest BCUT2D eigenvalue weighted by atomic mass is 9.82. The van der Waals surface area contributed by atoms with Crippen molar-refractivity contribution in [2.24, 2.45) is 17.4 Å². The molecular formula is C18H21F3N3O2. The van der Waals surface area contributed by atoms with Crippen LogP contribution in [0.5, 0.6) is 0 Å². The molecule has 2 saturated heterocycles. The smallest absolute Gasteiger partial charge is 0.237 e. The number of benzene rings is 1. The van der Waals surface area contributed by atoms with E-state index in [1.165, 1.54) is 0 Å². The van der Waals surface area contributed by atoms with E-state index in [-0.39, 0.29) is 35.9 Å². The Hall–Kier alpha value is -2.09. The van der Waals surface area contributed by atoms with Crippen molar-refractivity contribution in [2.75, 3.05) is 0 Å². The van der Waals surface area contributed by atoms with Gasteiger partial charge in [0.25, 0.3) is 0 Å². The summed E-state index contributed by atoms with van der Waals surface area (Å²) in [6.45, 7) is 0. The van der Waals surface area contributed by atoms with Crippen LogP contribution < -0.4 is 11.5 Å². The van der Waals surface area contributed by atoms with Gasteiger partial charge in [-0.05, 0) is 49.7 Å². The molecule has 141 valence electrons. The topological polar surface area (TPSA) is 89.4 Å². The van der Waals surface area contributed by atoms with Crippen LogP contribution in [0.25, 0.3) is 0 Å². The van der Waals surface area contributed by atoms with E-state index in [4.69, 9.17) is 11.5 Å². The predicted octanol–water partition coefficient (Wildman–Crippen LogP) is 1.43. The number of piperidine rings is 1. The summed E-state index contributed by atoms with van der Waals surface area (Å²) in [7, 11) is 0. The minimum atomic E-state index is -1.23. The van der Waals surface area contributed by atoms with Gasteiger partial charge < -0.3 is 16.4 Å². The lowest BCUT2D eigenvalue weighted by Gasteiger charge is -2.41. The van der Waals surface area contributed by atoms with Gasteiger partial charge >= 0.3 is 0 Å². The van der Waals surface area contributed by atoms with Gasteiger partial charge in [0.2, 0.25) is 11.8 Å². The Morgan fingerprint density at radius 3 is 2.27 bits per heavy atom. The average Bonchev–Trinajstić information content (AvgIpc) is 2.82. The zero-order valence-corrected chi connectivity index (χ0v) is 14.1. The zero-order valence-electron chi connectivity index (χ0n) is 14.1. The molecule has 4 N–H and O–H groups in total. The summed E-state index contributed by atoms with van der Waals surface area (Å²) in [4.78, 5) is 24.8. The monoisotopic (exact) mass is 368 g/mol. The summed E-state index contributed by atoms with van der Waals surface area (Å²) in [5.41, 5.74) is 11.3. The first-order chi connectivity index (χ1) is 12.3. The largest absolute Gasteiger partial charge is 0.369 e. The molecule has 1 aromatic carbocycles. The lowest BCUT2D eigenvalue weighted by molar-refractivity contribution is -0.134. The molecule has 1 radical (unpaired) electrons. The minimum Gasteiger partial charge on any atom is -0.369 e. The van der Waals surface area contributed by atoms with E-state index in [9.17, 15) is 22.8 Å². The van der Waals surface area contributed by atoms with Crippen LogP contribution in [0.3, 0.4) is 0 Å². The van der Waals surface area contributed by atoms with Crippen molar-refractivity contribution >= 4 is 11.8 Å². The van der Waals surface area contributed by atoms with Gasteiger partial charge in [-0.1, -0.05) is 0 Å². The normalized spacial score (nSPS) is 26.0. The third-order valence-electron chi connectivity index (χ3n) is 5.44. The van der Waals surface area contributed by atoms with Crippen molar-refractivity contribution in [3.8, 4) is 0 Å². The number of carbonyl (C=O) groups excluding carboxylic acids is 2. The molecule has 0 spiro atoms. The highest BCUT2D eigenvalue weighted by Crippen LogP contribution is 2.40. The van der Waals surface area contributed by atoms with Gasteiger partial charge in [0.15, 0.2) is 11.6 Å². The summed E-state index contributed by atoms with van der Waals surface area (Å²) in [5.74, 6) is -4.28. The second-order valence-corrected chi connectivity index (χ2v) is 7.13. The van der Waals surface area contributed by atoms with Crippen molar-refractivity contribution < 1.29 is 22.8 Å². The second-order valence-electron chi connectivity index (χ2n) is 7.13. The maximum absolute atomic E-state index is 13.9. The summed E-state index contributed by atoms with van der Waals surface area (Å²) >= 11 is 0. The number of carbonyl (C=O) groups is 2. The second kappa shape index (κ2) is 7.26. The van der Waals surface area contributed by atoms with Crippen LogP contribution in [0.1, 0.15) is 31.2 Å². The Morgan fingerprint density at radius 2 is 1.69 bits per heavy atom. The first kappa shape index (κ1) is 18.7. The number of amides is 2. The highest BCUT2D eigenvalue weighted by Gasteiger charge is 2.44. The molecule has 2 aliphatic rings. The number of hydrogen-bond donors (Lipinski definition) is 2. The molecule has 26 heavy (non-hydrogen) atoms.